The van der Waals surface area contributed by atoms with Gasteiger partial charge >= 0.3 is 0 Å². The number of carbonyl (C=O) groups excluding carboxylic acids is 2. The summed E-state index contributed by atoms with van der Waals surface area (Å²) < 4.78 is 0.506. The SMILES string of the molecule is Cc1cc(Br)c2c(c1N)C(=O)c1cccc(O)c1C2=O. The highest BCUT2D eigenvalue weighted by atomic mass is 79.9. The first kappa shape index (κ1) is 12.9. The number of halogens is 1. The van der Waals surface area contributed by atoms with Crippen molar-refractivity contribution in [1.82, 2.24) is 0 Å². The third-order valence-corrected chi connectivity index (χ3v) is 4.12. The van der Waals surface area contributed by atoms with E-state index < -0.39 is 5.78 Å². The van der Waals surface area contributed by atoms with E-state index in [-0.39, 0.29) is 33.8 Å². The predicted octanol–water partition coefficient (Wildman–Crippen LogP) is 2.82. The number of carbonyl (C=O) groups is 2. The van der Waals surface area contributed by atoms with Crippen LogP contribution in [-0.4, -0.2) is 16.7 Å². The van der Waals surface area contributed by atoms with Crippen molar-refractivity contribution in [1.29, 1.82) is 0 Å². The van der Waals surface area contributed by atoms with Crippen LogP contribution >= 0.6 is 15.9 Å². The van der Waals surface area contributed by atoms with Crippen molar-refractivity contribution in [3.8, 4) is 5.75 Å². The monoisotopic (exact) mass is 331 g/mol. The molecule has 0 saturated heterocycles. The molecule has 0 heterocycles. The van der Waals surface area contributed by atoms with E-state index in [0.29, 0.717) is 10.2 Å². The number of hydrogen-bond acceptors (Lipinski definition) is 4. The van der Waals surface area contributed by atoms with Crippen LogP contribution in [0.25, 0.3) is 0 Å². The summed E-state index contributed by atoms with van der Waals surface area (Å²) in [5.41, 5.74) is 7.63. The topological polar surface area (TPSA) is 80.4 Å². The van der Waals surface area contributed by atoms with Crippen LogP contribution in [0.1, 0.15) is 37.4 Å². The molecule has 0 unspecified atom stereocenters. The molecule has 1 aliphatic carbocycles. The molecule has 0 radical (unpaired) electrons. The van der Waals surface area contributed by atoms with E-state index in [9.17, 15) is 14.7 Å². The number of rotatable bonds is 0. The van der Waals surface area contributed by atoms with Crippen LogP contribution in [0.3, 0.4) is 0 Å². The van der Waals surface area contributed by atoms with Crippen molar-refractivity contribution in [2.24, 2.45) is 0 Å². The van der Waals surface area contributed by atoms with Crippen LogP contribution in [0.2, 0.25) is 0 Å². The highest BCUT2D eigenvalue weighted by Gasteiger charge is 2.35. The summed E-state index contributed by atoms with van der Waals surface area (Å²) >= 11 is 3.30. The van der Waals surface area contributed by atoms with Gasteiger partial charge in [-0.25, -0.2) is 0 Å². The van der Waals surface area contributed by atoms with Crippen LogP contribution in [0.15, 0.2) is 28.7 Å². The molecule has 0 fully saturated rings. The van der Waals surface area contributed by atoms with Crippen molar-refractivity contribution in [2.45, 2.75) is 6.92 Å². The molecule has 0 aromatic heterocycles. The molecular weight excluding hydrogens is 322 g/mol. The number of ketones is 2. The van der Waals surface area contributed by atoms with Gasteiger partial charge in [0, 0.05) is 15.7 Å². The molecule has 3 rings (SSSR count). The summed E-state index contributed by atoms with van der Waals surface area (Å²) in [6, 6.07) is 6.14. The minimum Gasteiger partial charge on any atom is -0.507 e. The van der Waals surface area contributed by atoms with Gasteiger partial charge in [-0.3, -0.25) is 9.59 Å². The molecule has 100 valence electrons. The highest BCUT2D eigenvalue weighted by Crippen LogP contribution is 2.39. The third-order valence-electron chi connectivity index (χ3n) is 3.49. The number of anilines is 1. The van der Waals surface area contributed by atoms with E-state index in [1.54, 1.807) is 13.0 Å². The predicted molar refractivity (Wildman–Crippen MR) is 78.3 cm³/mol. The fourth-order valence-electron chi connectivity index (χ4n) is 2.48. The number of benzene rings is 2. The number of fused-ring (bicyclic) bond motifs is 2. The number of phenols is 1. The molecule has 2 aromatic rings. The van der Waals surface area contributed by atoms with Gasteiger partial charge in [0.2, 0.25) is 0 Å². The van der Waals surface area contributed by atoms with E-state index in [0.717, 1.165) is 5.56 Å². The van der Waals surface area contributed by atoms with Crippen molar-refractivity contribution in [3.05, 3.63) is 56.6 Å². The zero-order valence-corrected chi connectivity index (χ0v) is 12.1. The Labute approximate surface area is 123 Å². The number of hydrogen-bond donors (Lipinski definition) is 2. The average molecular weight is 332 g/mol. The lowest BCUT2D eigenvalue weighted by molar-refractivity contribution is 0.0976. The lowest BCUT2D eigenvalue weighted by Crippen LogP contribution is -2.23. The van der Waals surface area contributed by atoms with Crippen LogP contribution in [-0.2, 0) is 0 Å². The van der Waals surface area contributed by atoms with Gasteiger partial charge in [-0.15, -0.1) is 0 Å². The Hall–Kier alpha value is -2.14. The molecule has 0 atom stereocenters. The molecule has 3 N–H and O–H groups in total. The van der Waals surface area contributed by atoms with Gasteiger partial charge in [0.15, 0.2) is 11.6 Å². The first-order valence-electron chi connectivity index (χ1n) is 5.93. The minimum atomic E-state index is -0.397. The van der Waals surface area contributed by atoms with Gasteiger partial charge < -0.3 is 10.8 Å². The number of nitrogen functional groups attached to an aromatic ring is 1. The lowest BCUT2D eigenvalue weighted by Gasteiger charge is -2.21. The summed E-state index contributed by atoms with van der Waals surface area (Å²) in [5.74, 6) is -0.934. The Morgan fingerprint density at radius 1 is 1.10 bits per heavy atom. The van der Waals surface area contributed by atoms with Crippen LogP contribution in [0.4, 0.5) is 5.69 Å². The molecule has 0 bridgehead atoms. The second-order valence-corrected chi connectivity index (χ2v) is 5.55. The van der Waals surface area contributed by atoms with Crippen molar-refractivity contribution in [2.75, 3.05) is 5.73 Å². The molecule has 5 heteroatoms. The zero-order valence-electron chi connectivity index (χ0n) is 10.5. The maximum atomic E-state index is 12.6. The van der Waals surface area contributed by atoms with Crippen LogP contribution < -0.4 is 5.73 Å². The first-order chi connectivity index (χ1) is 9.43. The van der Waals surface area contributed by atoms with Crippen LogP contribution in [0.5, 0.6) is 5.75 Å². The second kappa shape index (κ2) is 4.18. The molecule has 20 heavy (non-hydrogen) atoms. The molecule has 0 amide bonds. The second-order valence-electron chi connectivity index (χ2n) is 4.70. The summed E-state index contributed by atoms with van der Waals surface area (Å²) in [7, 11) is 0. The van der Waals surface area contributed by atoms with Gasteiger partial charge in [-0.1, -0.05) is 12.1 Å². The minimum absolute atomic E-state index is 0.0361. The van der Waals surface area contributed by atoms with Crippen LogP contribution in [0, 0.1) is 6.92 Å². The van der Waals surface area contributed by atoms with E-state index >= 15 is 0 Å². The molecule has 4 nitrogen and oxygen atoms in total. The normalized spacial score (nSPS) is 13.1. The molecule has 0 saturated carbocycles. The summed E-state index contributed by atoms with van der Waals surface area (Å²) in [6.07, 6.45) is 0. The van der Waals surface area contributed by atoms with Gasteiger partial charge in [0.05, 0.1) is 16.7 Å². The maximum absolute atomic E-state index is 12.6. The van der Waals surface area contributed by atoms with E-state index in [4.69, 9.17) is 5.73 Å². The quantitative estimate of drug-likeness (QED) is 0.621. The van der Waals surface area contributed by atoms with Gasteiger partial charge in [-0.2, -0.15) is 0 Å². The van der Waals surface area contributed by atoms with E-state index in [1.165, 1.54) is 18.2 Å². The fraction of sp³-hybridized carbons (Fsp3) is 0.0667. The molecular formula is C15H10BrNO3. The van der Waals surface area contributed by atoms with Gasteiger partial charge in [-0.05, 0) is 40.5 Å². The Balaban J connectivity index is 2.44. The Morgan fingerprint density at radius 3 is 2.50 bits per heavy atom. The van der Waals surface area contributed by atoms with Crippen molar-refractivity contribution in [3.63, 3.8) is 0 Å². The summed E-state index contributed by atoms with van der Waals surface area (Å²) in [5, 5.41) is 9.87. The van der Waals surface area contributed by atoms with Crippen molar-refractivity contribution >= 4 is 33.2 Å². The molecule has 0 aliphatic heterocycles. The molecule has 1 aliphatic rings. The Morgan fingerprint density at radius 2 is 1.80 bits per heavy atom. The molecule has 2 aromatic carbocycles. The number of aryl methyl sites for hydroxylation is 1. The maximum Gasteiger partial charge on any atom is 0.199 e. The number of nitrogens with two attached hydrogens (primary N) is 1. The first-order valence-corrected chi connectivity index (χ1v) is 6.72. The lowest BCUT2D eigenvalue weighted by atomic mass is 9.82. The Bertz CT molecular complexity index is 796. The molecule has 0 spiro atoms. The van der Waals surface area contributed by atoms with Gasteiger partial charge in [0.25, 0.3) is 0 Å². The largest absolute Gasteiger partial charge is 0.507 e. The third kappa shape index (κ3) is 1.53. The fourth-order valence-corrected chi connectivity index (χ4v) is 3.20. The standard InChI is InChI=1S/C15H10BrNO3/c1-6-5-8(16)11-12(13(6)17)14(19)7-3-2-4-9(18)10(7)15(11)20/h2-5,18H,17H2,1H3. The zero-order chi connectivity index (χ0) is 14.6. The summed E-state index contributed by atoms with van der Waals surface area (Å²) in [6.45, 7) is 1.77. The summed E-state index contributed by atoms with van der Waals surface area (Å²) in [4.78, 5) is 25.1. The van der Waals surface area contributed by atoms with Crippen molar-refractivity contribution < 1.29 is 14.7 Å². The number of aromatic hydroxyl groups is 1. The smallest absolute Gasteiger partial charge is 0.199 e. The van der Waals surface area contributed by atoms with E-state index in [2.05, 4.69) is 15.9 Å². The highest BCUT2D eigenvalue weighted by molar-refractivity contribution is 9.10. The van der Waals surface area contributed by atoms with E-state index in [1.807, 2.05) is 0 Å². The van der Waals surface area contributed by atoms with Gasteiger partial charge in [0.1, 0.15) is 5.75 Å². The number of phenolic OH excluding ortho intramolecular Hbond substituents is 1. The Kier molecular flexibility index (Phi) is 2.69. The average Bonchev–Trinajstić information content (AvgIpc) is 2.40.